The van der Waals surface area contributed by atoms with E-state index < -0.39 is 0 Å². The molecular weight excluding hydrogens is 346 g/mol. The molecule has 27 heavy (non-hydrogen) atoms. The fourth-order valence-electron chi connectivity index (χ4n) is 2.63. The van der Waals surface area contributed by atoms with Crippen molar-refractivity contribution < 1.29 is 14.2 Å². The summed E-state index contributed by atoms with van der Waals surface area (Å²) in [6.07, 6.45) is 0.687. The molecule has 0 unspecified atom stereocenters. The molecule has 142 valence electrons. The Morgan fingerprint density at radius 3 is 2.07 bits per heavy atom. The Morgan fingerprint density at radius 2 is 1.52 bits per heavy atom. The van der Waals surface area contributed by atoms with Crippen molar-refractivity contribution in [1.82, 2.24) is 24.7 Å². The number of aromatic nitrogens is 5. The highest BCUT2D eigenvalue weighted by molar-refractivity contribution is 5.63. The molecule has 0 atom stereocenters. The highest BCUT2D eigenvalue weighted by atomic mass is 16.5. The van der Waals surface area contributed by atoms with Gasteiger partial charge in [-0.25, -0.2) is 9.67 Å². The normalized spacial score (nSPS) is 10.8. The monoisotopic (exact) mass is 369 g/mol. The minimum atomic E-state index is 0.453. The fraction of sp³-hybridized carbons (Fsp3) is 0.368. The Kier molecular flexibility index (Phi) is 5.97. The number of rotatable bonds is 8. The summed E-state index contributed by atoms with van der Waals surface area (Å²) in [5, 5.41) is 4.54. The van der Waals surface area contributed by atoms with Crippen molar-refractivity contribution in [1.29, 1.82) is 0 Å². The van der Waals surface area contributed by atoms with Gasteiger partial charge in [-0.05, 0) is 6.92 Å². The van der Waals surface area contributed by atoms with Crippen LogP contribution < -0.4 is 9.47 Å². The SMILES string of the molecule is CCn1nc(CCOC)nc1-c1ccc(-c2nc(OC)cc(OC)n2)cc1. The van der Waals surface area contributed by atoms with Crippen molar-refractivity contribution in [3.05, 3.63) is 36.2 Å². The van der Waals surface area contributed by atoms with E-state index in [4.69, 9.17) is 14.2 Å². The summed E-state index contributed by atoms with van der Waals surface area (Å²) in [5.74, 6) is 3.05. The van der Waals surface area contributed by atoms with Crippen molar-refractivity contribution in [2.75, 3.05) is 27.9 Å². The second-order valence-electron chi connectivity index (χ2n) is 5.76. The predicted molar refractivity (Wildman–Crippen MR) is 101 cm³/mol. The minimum absolute atomic E-state index is 0.453. The minimum Gasteiger partial charge on any atom is -0.481 e. The van der Waals surface area contributed by atoms with Crippen LogP contribution in [0.15, 0.2) is 30.3 Å². The van der Waals surface area contributed by atoms with Crippen LogP contribution in [-0.2, 0) is 17.7 Å². The number of aryl methyl sites for hydroxylation is 1. The van der Waals surface area contributed by atoms with E-state index in [0.717, 1.165) is 29.3 Å². The smallest absolute Gasteiger partial charge is 0.220 e. The first-order valence-corrected chi connectivity index (χ1v) is 8.69. The molecule has 0 saturated heterocycles. The quantitative estimate of drug-likeness (QED) is 0.603. The van der Waals surface area contributed by atoms with Gasteiger partial charge in [0.05, 0.1) is 26.9 Å². The fourth-order valence-corrected chi connectivity index (χ4v) is 2.63. The summed E-state index contributed by atoms with van der Waals surface area (Å²) in [6, 6.07) is 9.52. The molecule has 2 heterocycles. The Morgan fingerprint density at radius 1 is 0.889 bits per heavy atom. The number of benzene rings is 1. The molecule has 8 nitrogen and oxygen atoms in total. The highest BCUT2D eigenvalue weighted by Gasteiger charge is 2.13. The molecule has 0 aliphatic carbocycles. The van der Waals surface area contributed by atoms with Gasteiger partial charge in [-0.1, -0.05) is 24.3 Å². The molecular formula is C19H23N5O3. The van der Waals surface area contributed by atoms with E-state index in [1.54, 1.807) is 27.4 Å². The molecule has 3 rings (SSSR count). The Bertz CT molecular complexity index is 871. The molecule has 3 aromatic rings. The maximum Gasteiger partial charge on any atom is 0.220 e. The van der Waals surface area contributed by atoms with Crippen LogP contribution in [0.25, 0.3) is 22.8 Å². The molecule has 2 aromatic heterocycles. The molecule has 0 amide bonds. The van der Waals surface area contributed by atoms with Gasteiger partial charge in [-0.3, -0.25) is 0 Å². The first kappa shape index (κ1) is 18.8. The van der Waals surface area contributed by atoms with Crippen LogP contribution in [0.4, 0.5) is 0 Å². The van der Waals surface area contributed by atoms with Gasteiger partial charge < -0.3 is 14.2 Å². The third-order valence-electron chi connectivity index (χ3n) is 4.04. The zero-order valence-electron chi connectivity index (χ0n) is 16.0. The lowest BCUT2D eigenvalue weighted by Crippen LogP contribution is -2.01. The third kappa shape index (κ3) is 4.22. The Labute approximate surface area is 158 Å². The number of nitrogens with zero attached hydrogens (tertiary/aromatic N) is 5. The van der Waals surface area contributed by atoms with Crippen molar-refractivity contribution >= 4 is 0 Å². The largest absolute Gasteiger partial charge is 0.481 e. The summed E-state index contributed by atoms with van der Waals surface area (Å²) in [4.78, 5) is 13.4. The average molecular weight is 369 g/mol. The van der Waals surface area contributed by atoms with Gasteiger partial charge in [-0.2, -0.15) is 15.1 Å². The van der Waals surface area contributed by atoms with Gasteiger partial charge in [0.15, 0.2) is 17.5 Å². The number of ether oxygens (including phenoxy) is 3. The van der Waals surface area contributed by atoms with Crippen molar-refractivity contribution in [2.45, 2.75) is 19.9 Å². The van der Waals surface area contributed by atoms with E-state index in [1.165, 1.54) is 0 Å². The lowest BCUT2D eigenvalue weighted by molar-refractivity contribution is 0.200. The van der Waals surface area contributed by atoms with Crippen molar-refractivity contribution in [2.24, 2.45) is 0 Å². The van der Waals surface area contributed by atoms with E-state index in [2.05, 4.69) is 20.1 Å². The highest BCUT2D eigenvalue weighted by Crippen LogP contribution is 2.25. The van der Waals surface area contributed by atoms with E-state index in [0.29, 0.717) is 30.6 Å². The van der Waals surface area contributed by atoms with Gasteiger partial charge in [0.25, 0.3) is 0 Å². The van der Waals surface area contributed by atoms with Gasteiger partial charge in [0.1, 0.15) is 0 Å². The molecule has 0 N–H and O–H groups in total. The third-order valence-corrected chi connectivity index (χ3v) is 4.04. The van der Waals surface area contributed by atoms with Gasteiger partial charge >= 0.3 is 0 Å². The predicted octanol–water partition coefficient (Wildman–Crippen LogP) is 2.63. The summed E-state index contributed by atoms with van der Waals surface area (Å²) < 4.78 is 17.4. The summed E-state index contributed by atoms with van der Waals surface area (Å²) in [5.41, 5.74) is 1.84. The standard InChI is InChI=1S/C19H23N5O3/c1-5-24-19(20-15(23-24)10-11-25-2)14-8-6-13(7-9-14)18-21-16(26-3)12-17(22-18)27-4/h6-9,12H,5,10-11H2,1-4H3. The summed E-state index contributed by atoms with van der Waals surface area (Å²) >= 11 is 0. The summed E-state index contributed by atoms with van der Waals surface area (Å²) in [6.45, 7) is 3.39. The average Bonchev–Trinajstić information content (AvgIpc) is 3.15. The first-order chi connectivity index (χ1) is 13.2. The van der Waals surface area contributed by atoms with Crippen LogP contribution in [0.2, 0.25) is 0 Å². The zero-order valence-corrected chi connectivity index (χ0v) is 16.0. The van der Waals surface area contributed by atoms with Crippen LogP contribution in [0.1, 0.15) is 12.7 Å². The molecule has 1 aromatic carbocycles. The second-order valence-corrected chi connectivity index (χ2v) is 5.76. The Hall–Kier alpha value is -3.00. The summed E-state index contributed by atoms with van der Waals surface area (Å²) in [7, 11) is 4.80. The van der Waals surface area contributed by atoms with Crippen LogP contribution in [0.3, 0.4) is 0 Å². The molecule has 0 aliphatic heterocycles. The molecule has 0 fully saturated rings. The van der Waals surface area contributed by atoms with Crippen LogP contribution in [0, 0.1) is 0 Å². The van der Waals surface area contributed by atoms with Gasteiger partial charge in [0, 0.05) is 31.2 Å². The van der Waals surface area contributed by atoms with Gasteiger partial charge in [0.2, 0.25) is 11.8 Å². The van der Waals surface area contributed by atoms with Crippen LogP contribution >= 0.6 is 0 Å². The first-order valence-electron chi connectivity index (χ1n) is 8.69. The van der Waals surface area contributed by atoms with E-state index >= 15 is 0 Å². The topological polar surface area (TPSA) is 84.2 Å². The lowest BCUT2D eigenvalue weighted by atomic mass is 10.1. The van der Waals surface area contributed by atoms with Gasteiger partial charge in [-0.15, -0.1) is 0 Å². The second kappa shape index (κ2) is 8.59. The molecule has 0 bridgehead atoms. The van der Waals surface area contributed by atoms with Crippen LogP contribution in [-0.4, -0.2) is 52.7 Å². The Balaban J connectivity index is 1.91. The van der Waals surface area contributed by atoms with Crippen molar-refractivity contribution in [3.63, 3.8) is 0 Å². The molecule has 8 heteroatoms. The van der Waals surface area contributed by atoms with E-state index in [9.17, 15) is 0 Å². The van der Waals surface area contributed by atoms with E-state index in [-0.39, 0.29) is 0 Å². The van der Waals surface area contributed by atoms with E-state index in [1.807, 2.05) is 35.9 Å². The maximum atomic E-state index is 5.21. The number of methoxy groups -OCH3 is 3. The molecule has 0 spiro atoms. The molecule has 0 radical (unpaired) electrons. The van der Waals surface area contributed by atoms with Crippen molar-refractivity contribution in [3.8, 4) is 34.5 Å². The maximum absolute atomic E-state index is 5.21. The lowest BCUT2D eigenvalue weighted by Gasteiger charge is -2.07. The molecule has 0 saturated carbocycles. The zero-order chi connectivity index (χ0) is 19.2. The van der Waals surface area contributed by atoms with Crippen LogP contribution in [0.5, 0.6) is 11.8 Å². The number of hydrogen-bond donors (Lipinski definition) is 0. The molecule has 0 aliphatic rings. The number of hydrogen-bond acceptors (Lipinski definition) is 7.